The van der Waals surface area contributed by atoms with Crippen LogP contribution >= 0.6 is 0 Å². The molecule has 4 nitrogen and oxygen atoms in total. The van der Waals surface area contributed by atoms with Crippen molar-refractivity contribution in [2.24, 2.45) is 0 Å². The van der Waals surface area contributed by atoms with Crippen molar-refractivity contribution in [3.05, 3.63) is 65.7 Å². The summed E-state index contributed by atoms with van der Waals surface area (Å²) < 4.78 is 5.57. The Labute approximate surface area is 136 Å². The quantitative estimate of drug-likeness (QED) is 0.862. The highest BCUT2D eigenvalue weighted by atomic mass is 16.5. The Kier molecular flexibility index (Phi) is 4.63. The smallest absolute Gasteiger partial charge is 0.258 e. The number of carbonyl (C=O) groups excluding carboxylic acids is 1. The van der Waals surface area contributed by atoms with Crippen LogP contribution in [0.3, 0.4) is 0 Å². The minimum Gasteiger partial charge on any atom is -0.483 e. The van der Waals surface area contributed by atoms with Gasteiger partial charge in [-0.05, 0) is 30.9 Å². The molecule has 3 rings (SSSR count). The lowest BCUT2D eigenvalue weighted by Gasteiger charge is -2.43. The molecule has 1 aliphatic carbocycles. The van der Waals surface area contributed by atoms with Gasteiger partial charge in [0.1, 0.15) is 5.75 Å². The predicted molar refractivity (Wildman–Crippen MR) is 88.0 cm³/mol. The number of nitrogens with one attached hydrogen (secondary N) is 1. The van der Waals surface area contributed by atoms with Gasteiger partial charge in [-0.3, -0.25) is 4.79 Å². The van der Waals surface area contributed by atoms with Gasteiger partial charge in [0.15, 0.2) is 6.61 Å². The van der Waals surface area contributed by atoms with Crippen molar-refractivity contribution in [2.75, 3.05) is 6.61 Å². The van der Waals surface area contributed by atoms with E-state index in [0.717, 1.165) is 24.8 Å². The maximum absolute atomic E-state index is 12.3. The molecule has 23 heavy (non-hydrogen) atoms. The molecule has 0 unspecified atom stereocenters. The fraction of sp³-hybridized carbons (Fsp3) is 0.316. The Bertz CT molecular complexity index is 665. The van der Waals surface area contributed by atoms with Gasteiger partial charge >= 0.3 is 0 Å². The van der Waals surface area contributed by atoms with Gasteiger partial charge in [-0.1, -0.05) is 48.5 Å². The van der Waals surface area contributed by atoms with Gasteiger partial charge in [0.25, 0.3) is 5.91 Å². The van der Waals surface area contributed by atoms with Gasteiger partial charge in [-0.25, -0.2) is 0 Å². The molecule has 120 valence electrons. The molecule has 2 aromatic carbocycles. The monoisotopic (exact) mass is 311 g/mol. The standard InChI is InChI=1S/C19H21NO3/c21-13-15-7-4-5-10-17(15)23-14-18(22)20-19(11-6-12-19)16-8-2-1-3-9-16/h1-5,7-10,21H,6,11-14H2,(H,20,22). The maximum Gasteiger partial charge on any atom is 0.258 e. The minimum atomic E-state index is -0.252. The lowest BCUT2D eigenvalue weighted by molar-refractivity contribution is -0.126. The number of para-hydroxylation sites is 1. The van der Waals surface area contributed by atoms with E-state index < -0.39 is 0 Å². The van der Waals surface area contributed by atoms with E-state index in [1.165, 1.54) is 0 Å². The molecule has 4 heteroatoms. The third-order valence-corrected chi connectivity index (χ3v) is 4.41. The summed E-state index contributed by atoms with van der Waals surface area (Å²) in [6.07, 6.45) is 3.02. The van der Waals surface area contributed by atoms with E-state index in [4.69, 9.17) is 4.74 Å². The fourth-order valence-corrected chi connectivity index (χ4v) is 2.99. The summed E-state index contributed by atoms with van der Waals surface area (Å²) in [6, 6.07) is 17.3. The number of carbonyl (C=O) groups is 1. The predicted octanol–water partition coefficient (Wildman–Crippen LogP) is 2.75. The number of aliphatic hydroxyl groups excluding tert-OH is 1. The summed E-state index contributed by atoms with van der Waals surface area (Å²) in [5.41, 5.74) is 1.58. The first-order chi connectivity index (χ1) is 11.2. The van der Waals surface area contributed by atoms with Gasteiger partial charge < -0.3 is 15.2 Å². The summed E-state index contributed by atoms with van der Waals surface area (Å²) in [4.78, 5) is 12.3. The molecule has 0 aromatic heterocycles. The van der Waals surface area contributed by atoms with Crippen LogP contribution < -0.4 is 10.1 Å². The van der Waals surface area contributed by atoms with Crippen molar-refractivity contribution in [2.45, 2.75) is 31.4 Å². The van der Waals surface area contributed by atoms with E-state index in [2.05, 4.69) is 17.4 Å². The number of hydrogen-bond acceptors (Lipinski definition) is 3. The topological polar surface area (TPSA) is 58.6 Å². The summed E-state index contributed by atoms with van der Waals surface area (Å²) in [5.74, 6) is 0.411. The second-order valence-electron chi connectivity index (χ2n) is 5.90. The Morgan fingerprint density at radius 3 is 2.43 bits per heavy atom. The number of benzene rings is 2. The van der Waals surface area contributed by atoms with Crippen molar-refractivity contribution in [1.29, 1.82) is 0 Å². The van der Waals surface area contributed by atoms with Gasteiger partial charge in [-0.2, -0.15) is 0 Å². The number of ether oxygens (including phenoxy) is 1. The molecule has 0 saturated heterocycles. The first-order valence-electron chi connectivity index (χ1n) is 7.92. The van der Waals surface area contributed by atoms with E-state index in [-0.39, 0.29) is 24.7 Å². The molecule has 0 radical (unpaired) electrons. The van der Waals surface area contributed by atoms with Crippen molar-refractivity contribution >= 4 is 5.91 Å². The lowest BCUT2D eigenvalue weighted by Crippen LogP contribution is -2.52. The van der Waals surface area contributed by atoms with Crippen LogP contribution in [0.15, 0.2) is 54.6 Å². The molecule has 1 saturated carbocycles. The molecule has 0 aliphatic heterocycles. The van der Waals surface area contributed by atoms with Crippen LogP contribution in [-0.4, -0.2) is 17.6 Å². The van der Waals surface area contributed by atoms with Crippen LogP contribution in [0.4, 0.5) is 0 Å². The zero-order valence-corrected chi connectivity index (χ0v) is 13.0. The first-order valence-corrected chi connectivity index (χ1v) is 7.92. The highest BCUT2D eigenvalue weighted by molar-refractivity contribution is 5.78. The van der Waals surface area contributed by atoms with Crippen LogP contribution in [0.5, 0.6) is 5.75 Å². The SMILES string of the molecule is O=C(COc1ccccc1CO)NC1(c2ccccc2)CCC1. The molecule has 1 amide bonds. The Morgan fingerprint density at radius 2 is 1.78 bits per heavy atom. The number of aliphatic hydroxyl groups is 1. The van der Waals surface area contributed by atoms with Crippen LogP contribution in [0.2, 0.25) is 0 Å². The van der Waals surface area contributed by atoms with Gasteiger partial charge in [0.2, 0.25) is 0 Å². The van der Waals surface area contributed by atoms with E-state index >= 15 is 0 Å². The zero-order valence-electron chi connectivity index (χ0n) is 13.0. The third kappa shape index (κ3) is 3.37. The molecule has 2 aromatic rings. The minimum absolute atomic E-state index is 0.0500. The highest BCUT2D eigenvalue weighted by Gasteiger charge is 2.39. The molecular formula is C19H21NO3. The second-order valence-corrected chi connectivity index (χ2v) is 5.90. The molecule has 1 aliphatic rings. The van der Waals surface area contributed by atoms with Crippen molar-refractivity contribution < 1.29 is 14.6 Å². The summed E-state index contributed by atoms with van der Waals surface area (Å²) in [6.45, 7) is -0.155. The van der Waals surface area contributed by atoms with Gasteiger partial charge in [0, 0.05) is 5.56 Å². The Morgan fingerprint density at radius 1 is 1.09 bits per heavy atom. The Balaban J connectivity index is 1.63. The normalized spacial score (nSPS) is 15.5. The fourth-order valence-electron chi connectivity index (χ4n) is 2.99. The third-order valence-electron chi connectivity index (χ3n) is 4.41. The lowest BCUT2D eigenvalue weighted by atomic mass is 9.72. The van der Waals surface area contributed by atoms with E-state index in [1.807, 2.05) is 30.3 Å². The highest BCUT2D eigenvalue weighted by Crippen LogP contribution is 2.41. The van der Waals surface area contributed by atoms with Gasteiger partial charge in [0.05, 0.1) is 12.1 Å². The second kappa shape index (κ2) is 6.84. The first kappa shape index (κ1) is 15.6. The largest absolute Gasteiger partial charge is 0.483 e. The average Bonchev–Trinajstić information content (AvgIpc) is 2.57. The van der Waals surface area contributed by atoms with Gasteiger partial charge in [-0.15, -0.1) is 0 Å². The molecule has 0 atom stereocenters. The Hall–Kier alpha value is -2.33. The summed E-state index contributed by atoms with van der Waals surface area (Å²) in [7, 11) is 0. The molecule has 0 heterocycles. The number of amides is 1. The molecular weight excluding hydrogens is 290 g/mol. The summed E-state index contributed by atoms with van der Waals surface area (Å²) >= 11 is 0. The molecule has 2 N–H and O–H groups in total. The van der Waals surface area contributed by atoms with Crippen molar-refractivity contribution in [3.63, 3.8) is 0 Å². The number of rotatable bonds is 6. The molecule has 0 bridgehead atoms. The molecule has 0 spiro atoms. The van der Waals surface area contributed by atoms with E-state index in [9.17, 15) is 9.90 Å². The zero-order chi connectivity index (χ0) is 16.1. The molecule has 1 fully saturated rings. The average molecular weight is 311 g/mol. The van der Waals surface area contributed by atoms with Crippen LogP contribution in [0, 0.1) is 0 Å². The van der Waals surface area contributed by atoms with E-state index in [0.29, 0.717) is 11.3 Å². The van der Waals surface area contributed by atoms with Crippen molar-refractivity contribution in [3.8, 4) is 5.75 Å². The van der Waals surface area contributed by atoms with Crippen LogP contribution in [0.1, 0.15) is 30.4 Å². The van der Waals surface area contributed by atoms with Crippen LogP contribution in [0.25, 0.3) is 0 Å². The number of hydrogen-bond donors (Lipinski definition) is 2. The van der Waals surface area contributed by atoms with Crippen molar-refractivity contribution in [1.82, 2.24) is 5.32 Å². The summed E-state index contributed by atoms with van der Waals surface area (Å²) in [5, 5.41) is 12.4. The maximum atomic E-state index is 12.3. The van der Waals surface area contributed by atoms with E-state index in [1.54, 1.807) is 12.1 Å². The van der Waals surface area contributed by atoms with Crippen LogP contribution in [-0.2, 0) is 16.9 Å².